The first-order valence-corrected chi connectivity index (χ1v) is 10.1. The van der Waals surface area contributed by atoms with Gasteiger partial charge in [-0.15, -0.1) is 0 Å². The first kappa shape index (κ1) is 19.7. The Morgan fingerprint density at radius 1 is 1.25 bits per heavy atom. The Morgan fingerprint density at radius 2 is 1.96 bits per heavy atom. The summed E-state index contributed by atoms with van der Waals surface area (Å²) in [6.07, 6.45) is 3.85. The van der Waals surface area contributed by atoms with Crippen molar-refractivity contribution in [1.29, 1.82) is 0 Å². The zero-order valence-electron chi connectivity index (χ0n) is 13.6. The summed E-state index contributed by atoms with van der Waals surface area (Å²) < 4.78 is 1.58. The van der Waals surface area contributed by atoms with Crippen LogP contribution in [0.3, 0.4) is 0 Å². The molecular formula is C17H24IN3O2S. The van der Waals surface area contributed by atoms with E-state index in [2.05, 4.69) is 0 Å². The second-order valence-corrected chi connectivity index (χ2v) is 8.25. The Hall–Kier alpha value is -0.640. The molecule has 24 heavy (non-hydrogen) atoms. The van der Waals surface area contributed by atoms with Crippen LogP contribution in [0, 0.1) is 5.92 Å². The number of carbonyl (C=O) groups excluding carboxylic acids is 2. The van der Waals surface area contributed by atoms with Gasteiger partial charge in [0.2, 0.25) is 0 Å². The molecule has 2 rings (SSSR count). The Bertz CT molecular complexity index is 567. The highest BCUT2D eigenvalue weighted by Crippen LogP contribution is 2.29. The smallest absolute Gasteiger partial charge is 0.262 e. The van der Waals surface area contributed by atoms with Crippen LogP contribution in [0.15, 0.2) is 24.3 Å². The predicted molar refractivity (Wildman–Crippen MR) is 107 cm³/mol. The molecule has 0 aliphatic heterocycles. The molecule has 1 amide bonds. The van der Waals surface area contributed by atoms with Gasteiger partial charge < -0.3 is 11.5 Å². The molecule has 1 aromatic carbocycles. The van der Waals surface area contributed by atoms with E-state index in [0.29, 0.717) is 24.4 Å². The molecule has 0 saturated heterocycles. The van der Waals surface area contributed by atoms with Crippen LogP contribution in [0.2, 0.25) is 0 Å². The van der Waals surface area contributed by atoms with Gasteiger partial charge in [0.1, 0.15) is 0 Å². The number of rotatable bonds is 6. The van der Waals surface area contributed by atoms with Gasteiger partial charge in [0, 0.05) is 36.4 Å². The van der Waals surface area contributed by atoms with Gasteiger partial charge in [-0.2, -0.15) is 0 Å². The molecule has 7 heteroatoms. The topological polar surface area (TPSA) is 89.4 Å². The minimum atomic E-state index is -0.0486. The minimum Gasteiger partial charge on any atom is -0.329 e. The normalized spacial score (nSPS) is 20.6. The maximum atomic E-state index is 12.3. The van der Waals surface area contributed by atoms with Crippen LogP contribution in [0.4, 0.5) is 0 Å². The fraction of sp³-hybridized carbons (Fsp3) is 0.529. The van der Waals surface area contributed by atoms with Crippen molar-refractivity contribution in [2.75, 3.05) is 13.1 Å². The third kappa shape index (κ3) is 5.72. The summed E-state index contributed by atoms with van der Waals surface area (Å²) in [5, 5.41) is 0.242. The van der Waals surface area contributed by atoms with Gasteiger partial charge in [-0.25, -0.2) is 0 Å². The number of hydrogen-bond acceptors (Lipinski definition) is 5. The lowest BCUT2D eigenvalue weighted by Gasteiger charge is -2.25. The molecular weight excluding hydrogens is 437 g/mol. The molecule has 0 aromatic heterocycles. The van der Waals surface area contributed by atoms with Crippen molar-refractivity contribution in [3.63, 3.8) is 0 Å². The molecule has 0 radical (unpaired) electrons. The molecule has 1 aliphatic carbocycles. The molecule has 1 fully saturated rings. The molecule has 0 spiro atoms. The highest BCUT2D eigenvalue weighted by atomic mass is 127. The predicted octanol–water partition coefficient (Wildman–Crippen LogP) is 2.71. The SMILES string of the molecule is NCCN(I)C(=O)c1ccc(CSC(=O)[C@H]2CCC[C@H](N)C2)cc1. The Kier molecular flexibility index (Phi) is 7.99. The minimum absolute atomic E-state index is 0.0486. The first-order valence-electron chi connectivity index (χ1n) is 8.20. The Morgan fingerprint density at radius 3 is 2.58 bits per heavy atom. The van der Waals surface area contributed by atoms with E-state index in [1.54, 1.807) is 15.2 Å². The van der Waals surface area contributed by atoms with Crippen LogP contribution >= 0.6 is 34.6 Å². The fourth-order valence-electron chi connectivity index (χ4n) is 2.81. The van der Waals surface area contributed by atoms with E-state index in [0.717, 1.165) is 31.2 Å². The average molecular weight is 461 g/mol. The number of thioether (sulfide) groups is 1. The Labute approximate surface area is 161 Å². The van der Waals surface area contributed by atoms with Gasteiger partial charge in [0.15, 0.2) is 5.12 Å². The number of hydrogen-bond donors (Lipinski definition) is 2. The highest BCUT2D eigenvalue weighted by molar-refractivity contribution is 14.1. The van der Waals surface area contributed by atoms with Crippen LogP contribution in [0.5, 0.6) is 0 Å². The van der Waals surface area contributed by atoms with Crippen molar-refractivity contribution in [2.45, 2.75) is 37.5 Å². The molecule has 4 N–H and O–H groups in total. The van der Waals surface area contributed by atoms with Crippen LogP contribution in [-0.4, -0.2) is 33.3 Å². The van der Waals surface area contributed by atoms with Crippen LogP contribution in [0.1, 0.15) is 41.6 Å². The van der Waals surface area contributed by atoms with Gasteiger partial charge in [0.05, 0.1) is 22.9 Å². The monoisotopic (exact) mass is 461 g/mol. The molecule has 0 bridgehead atoms. The molecule has 1 aliphatic rings. The molecule has 132 valence electrons. The van der Waals surface area contributed by atoms with Crippen molar-refractivity contribution in [3.8, 4) is 0 Å². The van der Waals surface area contributed by atoms with E-state index >= 15 is 0 Å². The van der Waals surface area contributed by atoms with Gasteiger partial charge >= 0.3 is 0 Å². The summed E-state index contributed by atoms with van der Waals surface area (Å²) in [4.78, 5) is 24.4. The maximum absolute atomic E-state index is 12.3. The summed E-state index contributed by atoms with van der Waals surface area (Å²) >= 11 is 3.34. The van der Waals surface area contributed by atoms with Crippen molar-refractivity contribution < 1.29 is 9.59 Å². The van der Waals surface area contributed by atoms with E-state index < -0.39 is 0 Å². The number of carbonyl (C=O) groups is 2. The summed E-state index contributed by atoms with van der Waals surface area (Å²) in [6, 6.07) is 7.60. The third-order valence-corrected chi connectivity index (χ3v) is 6.19. The van der Waals surface area contributed by atoms with E-state index in [1.165, 1.54) is 11.8 Å². The molecule has 5 nitrogen and oxygen atoms in total. The second-order valence-electron chi connectivity index (χ2n) is 6.11. The van der Waals surface area contributed by atoms with Gasteiger partial charge in [-0.3, -0.25) is 12.7 Å². The Balaban J connectivity index is 1.85. The second kappa shape index (κ2) is 9.74. The quantitative estimate of drug-likeness (QED) is 0.503. The standard InChI is InChI=1S/C17H24IN3O2S/c18-21(9-8-19)16(22)13-6-4-12(5-7-13)11-24-17(23)14-2-1-3-15(20)10-14/h4-7,14-15H,1-3,8-11,19-20H2/t14-,15-/m0/s1. The number of amides is 1. The summed E-state index contributed by atoms with van der Waals surface area (Å²) in [5.41, 5.74) is 13.1. The van der Waals surface area contributed by atoms with E-state index in [-0.39, 0.29) is 23.0 Å². The van der Waals surface area contributed by atoms with E-state index in [1.807, 2.05) is 35.0 Å². The average Bonchev–Trinajstić information content (AvgIpc) is 2.59. The molecule has 2 atom stereocenters. The number of nitrogens with zero attached hydrogens (tertiary/aromatic N) is 1. The number of halogens is 1. The van der Waals surface area contributed by atoms with Crippen LogP contribution < -0.4 is 11.5 Å². The lowest BCUT2D eigenvalue weighted by Crippen LogP contribution is -2.30. The van der Waals surface area contributed by atoms with Gasteiger partial charge in [0.25, 0.3) is 5.91 Å². The van der Waals surface area contributed by atoms with Crippen molar-refractivity contribution in [2.24, 2.45) is 17.4 Å². The lowest BCUT2D eigenvalue weighted by atomic mass is 9.87. The molecule has 1 saturated carbocycles. The summed E-state index contributed by atoms with van der Waals surface area (Å²) in [5.74, 6) is 0.687. The number of nitrogens with two attached hydrogens (primary N) is 2. The first-order chi connectivity index (χ1) is 11.5. The zero-order valence-corrected chi connectivity index (χ0v) is 16.6. The van der Waals surface area contributed by atoms with E-state index in [9.17, 15) is 9.59 Å². The lowest BCUT2D eigenvalue weighted by molar-refractivity contribution is -0.115. The van der Waals surface area contributed by atoms with Crippen molar-refractivity contribution in [1.82, 2.24) is 3.11 Å². The largest absolute Gasteiger partial charge is 0.329 e. The fourth-order valence-corrected chi connectivity index (χ4v) is 4.32. The maximum Gasteiger partial charge on any atom is 0.262 e. The zero-order chi connectivity index (χ0) is 17.5. The molecule has 0 unspecified atom stereocenters. The van der Waals surface area contributed by atoms with E-state index in [4.69, 9.17) is 11.5 Å². The van der Waals surface area contributed by atoms with Crippen LogP contribution in [0.25, 0.3) is 0 Å². The van der Waals surface area contributed by atoms with Gasteiger partial charge in [-0.1, -0.05) is 30.3 Å². The molecule has 1 aromatic rings. The summed E-state index contributed by atoms with van der Waals surface area (Å²) in [6.45, 7) is 0.964. The van der Waals surface area contributed by atoms with Gasteiger partial charge in [-0.05, 0) is 37.0 Å². The highest BCUT2D eigenvalue weighted by Gasteiger charge is 2.25. The van der Waals surface area contributed by atoms with Crippen molar-refractivity contribution >= 4 is 45.6 Å². The van der Waals surface area contributed by atoms with Crippen LogP contribution in [-0.2, 0) is 10.5 Å². The molecule has 0 heterocycles. The van der Waals surface area contributed by atoms with Crippen molar-refractivity contribution in [3.05, 3.63) is 35.4 Å². The number of benzene rings is 1. The third-order valence-electron chi connectivity index (χ3n) is 4.18. The summed E-state index contributed by atoms with van der Waals surface area (Å²) in [7, 11) is 0.